The predicted octanol–water partition coefficient (Wildman–Crippen LogP) is 4.31. The maximum absolute atomic E-state index is 13.2. The van der Waals surface area contributed by atoms with Crippen LogP contribution in [-0.2, 0) is 4.74 Å². The van der Waals surface area contributed by atoms with Gasteiger partial charge in [0, 0.05) is 10.0 Å². The number of hydrogen-bond acceptors (Lipinski definition) is 2. The van der Waals surface area contributed by atoms with E-state index in [-0.39, 0.29) is 6.10 Å². The Bertz CT molecular complexity index is 612. The van der Waals surface area contributed by atoms with E-state index in [0.717, 1.165) is 15.6 Å². The van der Waals surface area contributed by atoms with Gasteiger partial charge >= 0.3 is 0 Å². The predicted molar refractivity (Wildman–Crippen MR) is 80.7 cm³/mol. The summed E-state index contributed by atoms with van der Waals surface area (Å²) in [5.41, 5.74) is 1.82. The van der Waals surface area contributed by atoms with Crippen LogP contribution >= 0.6 is 15.9 Å². The third-order valence-corrected chi connectivity index (χ3v) is 3.78. The van der Waals surface area contributed by atoms with Crippen molar-refractivity contribution in [1.82, 2.24) is 0 Å². The van der Waals surface area contributed by atoms with Crippen LogP contribution in [0.25, 0.3) is 0 Å². The van der Waals surface area contributed by atoms with Crippen LogP contribution in [-0.4, -0.2) is 18.6 Å². The summed E-state index contributed by atoms with van der Waals surface area (Å²) in [6.07, 6.45) is -0.358. The molecule has 0 saturated heterocycles. The first-order valence-corrected chi connectivity index (χ1v) is 7.18. The van der Waals surface area contributed by atoms with Crippen molar-refractivity contribution in [3.05, 3.63) is 70.2 Å². The zero-order valence-electron chi connectivity index (χ0n) is 10.7. The normalized spacial score (nSPS) is 21.4. The highest BCUT2D eigenvalue weighted by Gasteiger charge is 2.32. The number of benzene rings is 2. The Morgan fingerprint density at radius 1 is 1.05 bits per heavy atom. The van der Waals surface area contributed by atoms with E-state index in [0.29, 0.717) is 5.90 Å². The highest BCUT2D eigenvalue weighted by molar-refractivity contribution is 9.10. The van der Waals surface area contributed by atoms with E-state index in [1.165, 1.54) is 0 Å². The molecule has 2 nitrogen and oxygen atoms in total. The topological polar surface area (TPSA) is 21.6 Å². The van der Waals surface area contributed by atoms with E-state index >= 15 is 0 Å². The van der Waals surface area contributed by atoms with E-state index in [1.807, 2.05) is 54.6 Å². The molecule has 0 N–H and O–H groups in total. The van der Waals surface area contributed by atoms with E-state index in [1.54, 1.807) is 0 Å². The summed E-state index contributed by atoms with van der Waals surface area (Å²) in [4.78, 5) is 4.36. The average Bonchev–Trinajstić information content (AvgIpc) is 2.93. The summed E-state index contributed by atoms with van der Waals surface area (Å²) in [7, 11) is 0. The van der Waals surface area contributed by atoms with Crippen LogP contribution in [0.1, 0.15) is 17.2 Å². The molecule has 2 atom stereocenters. The molecule has 0 aliphatic carbocycles. The molecular weight excluding hydrogens is 321 g/mol. The van der Waals surface area contributed by atoms with E-state index in [2.05, 4.69) is 20.9 Å². The van der Waals surface area contributed by atoms with Crippen molar-refractivity contribution >= 4 is 21.8 Å². The fourth-order valence-corrected chi connectivity index (χ4v) is 2.49. The van der Waals surface area contributed by atoms with Crippen molar-refractivity contribution < 1.29 is 9.13 Å². The van der Waals surface area contributed by atoms with Crippen LogP contribution in [0, 0.1) is 0 Å². The summed E-state index contributed by atoms with van der Waals surface area (Å²) in [5.74, 6) is 0.515. The minimum absolute atomic E-state index is 0.358. The van der Waals surface area contributed by atoms with Gasteiger partial charge in [-0.1, -0.05) is 46.3 Å². The van der Waals surface area contributed by atoms with Crippen molar-refractivity contribution in [1.29, 1.82) is 0 Å². The van der Waals surface area contributed by atoms with Gasteiger partial charge in [0.15, 0.2) is 6.10 Å². The SMILES string of the molecule is FC[C@H]1N=C(c2ccccc2)O[C@@H]1c1ccc(Br)cc1. The van der Waals surface area contributed by atoms with Gasteiger partial charge in [-0.25, -0.2) is 9.38 Å². The highest BCUT2D eigenvalue weighted by Crippen LogP contribution is 2.32. The second-order valence-corrected chi connectivity index (χ2v) is 5.53. The fraction of sp³-hybridized carbons (Fsp3) is 0.188. The second-order valence-electron chi connectivity index (χ2n) is 4.61. The summed E-state index contributed by atoms with van der Waals surface area (Å²) in [6.45, 7) is -0.531. The molecule has 0 spiro atoms. The molecule has 20 heavy (non-hydrogen) atoms. The first-order valence-electron chi connectivity index (χ1n) is 6.39. The molecule has 1 aliphatic rings. The van der Waals surface area contributed by atoms with Gasteiger partial charge in [0.2, 0.25) is 5.90 Å². The first-order chi connectivity index (χ1) is 9.78. The van der Waals surface area contributed by atoms with Crippen molar-refractivity contribution in [2.45, 2.75) is 12.1 Å². The van der Waals surface area contributed by atoms with Crippen LogP contribution in [0.3, 0.4) is 0 Å². The lowest BCUT2D eigenvalue weighted by molar-refractivity contribution is 0.181. The Kier molecular flexibility index (Phi) is 3.83. The van der Waals surface area contributed by atoms with Gasteiger partial charge in [-0.3, -0.25) is 0 Å². The third kappa shape index (κ3) is 2.61. The molecule has 0 unspecified atom stereocenters. The first kappa shape index (κ1) is 13.3. The van der Waals surface area contributed by atoms with E-state index in [9.17, 15) is 4.39 Å². The highest BCUT2D eigenvalue weighted by atomic mass is 79.9. The van der Waals surface area contributed by atoms with Crippen LogP contribution in [0.2, 0.25) is 0 Å². The van der Waals surface area contributed by atoms with Crippen LogP contribution in [0.15, 0.2) is 64.1 Å². The Labute approximate surface area is 125 Å². The molecule has 4 heteroatoms. The lowest BCUT2D eigenvalue weighted by atomic mass is 10.0. The number of alkyl halides is 1. The Morgan fingerprint density at radius 3 is 2.40 bits per heavy atom. The minimum atomic E-state index is -0.531. The molecule has 2 aromatic carbocycles. The van der Waals surface area contributed by atoms with E-state index < -0.39 is 12.7 Å². The maximum Gasteiger partial charge on any atom is 0.217 e. The van der Waals surface area contributed by atoms with Gasteiger partial charge in [-0.2, -0.15) is 0 Å². The molecule has 2 aromatic rings. The molecule has 0 bridgehead atoms. The lowest BCUT2D eigenvalue weighted by Crippen LogP contribution is -2.16. The molecule has 3 rings (SSSR count). The fourth-order valence-electron chi connectivity index (χ4n) is 2.23. The molecular formula is C16H13BrFNO. The Balaban J connectivity index is 1.87. The summed E-state index contributed by atoms with van der Waals surface area (Å²) in [5, 5.41) is 0. The van der Waals surface area contributed by atoms with Crippen molar-refractivity contribution in [3.8, 4) is 0 Å². The van der Waals surface area contributed by atoms with Gasteiger partial charge in [-0.05, 0) is 29.8 Å². The van der Waals surface area contributed by atoms with Crippen molar-refractivity contribution in [2.75, 3.05) is 6.67 Å². The molecule has 0 radical (unpaired) electrons. The Hall–Kier alpha value is -1.68. The number of hydrogen-bond donors (Lipinski definition) is 0. The van der Waals surface area contributed by atoms with Gasteiger partial charge in [-0.15, -0.1) is 0 Å². The third-order valence-electron chi connectivity index (χ3n) is 3.25. The summed E-state index contributed by atoms with van der Waals surface area (Å²) < 4.78 is 20.1. The van der Waals surface area contributed by atoms with Crippen molar-refractivity contribution in [3.63, 3.8) is 0 Å². The molecule has 0 amide bonds. The molecule has 0 aromatic heterocycles. The van der Waals surface area contributed by atoms with Crippen LogP contribution < -0.4 is 0 Å². The van der Waals surface area contributed by atoms with E-state index in [4.69, 9.17) is 4.74 Å². The molecule has 0 saturated carbocycles. The zero-order chi connectivity index (χ0) is 13.9. The molecule has 1 heterocycles. The molecule has 102 valence electrons. The Morgan fingerprint density at radius 2 is 1.75 bits per heavy atom. The smallest absolute Gasteiger partial charge is 0.217 e. The molecule has 0 fully saturated rings. The largest absolute Gasteiger partial charge is 0.467 e. The van der Waals surface area contributed by atoms with Crippen molar-refractivity contribution in [2.24, 2.45) is 4.99 Å². The maximum atomic E-state index is 13.2. The quantitative estimate of drug-likeness (QED) is 0.820. The number of nitrogens with zero attached hydrogens (tertiary/aromatic N) is 1. The second kappa shape index (κ2) is 5.75. The molecule has 1 aliphatic heterocycles. The zero-order valence-corrected chi connectivity index (χ0v) is 12.3. The van der Waals surface area contributed by atoms with Crippen LogP contribution in [0.5, 0.6) is 0 Å². The summed E-state index contributed by atoms with van der Waals surface area (Å²) in [6, 6.07) is 16.8. The van der Waals surface area contributed by atoms with Gasteiger partial charge in [0.1, 0.15) is 12.7 Å². The number of ether oxygens (including phenoxy) is 1. The lowest BCUT2D eigenvalue weighted by Gasteiger charge is -2.16. The van der Waals surface area contributed by atoms with Gasteiger partial charge in [0.25, 0.3) is 0 Å². The minimum Gasteiger partial charge on any atom is -0.467 e. The average molecular weight is 334 g/mol. The van der Waals surface area contributed by atoms with Gasteiger partial charge in [0.05, 0.1) is 0 Å². The number of halogens is 2. The van der Waals surface area contributed by atoms with Crippen LogP contribution in [0.4, 0.5) is 4.39 Å². The monoisotopic (exact) mass is 333 g/mol. The van der Waals surface area contributed by atoms with Gasteiger partial charge < -0.3 is 4.74 Å². The standard InChI is InChI=1S/C16H13BrFNO/c17-13-8-6-11(7-9-13)15-14(10-18)19-16(20-15)12-4-2-1-3-5-12/h1-9,14-15H,10H2/t14-,15-/m1/s1. The summed E-state index contributed by atoms with van der Waals surface area (Å²) >= 11 is 3.39. The number of rotatable bonds is 3. The number of aliphatic imine (C=N–C) groups is 1.